The molecule has 28 heavy (non-hydrogen) atoms. The maximum Gasteiger partial charge on any atom is 0.0994 e. The lowest BCUT2D eigenvalue weighted by Gasteiger charge is -2.33. The summed E-state index contributed by atoms with van der Waals surface area (Å²) < 4.78 is 0. The van der Waals surface area contributed by atoms with Crippen molar-refractivity contribution in [1.29, 1.82) is 10.5 Å². The van der Waals surface area contributed by atoms with Crippen molar-refractivity contribution in [1.82, 2.24) is 0 Å². The SMILES string of the molecule is N#CC1=CC(C(Cc2ccccc2)c2ccccc2)C(C#N)c2ccccc21. The Balaban J connectivity index is 1.84. The van der Waals surface area contributed by atoms with Gasteiger partial charge in [-0.1, -0.05) is 91.0 Å². The fourth-order valence-corrected chi connectivity index (χ4v) is 4.25. The van der Waals surface area contributed by atoms with E-state index in [9.17, 15) is 10.5 Å². The molecule has 0 saturated carbocycles. The van der Waals surface area contributed by atoms with Crippen molar-refractivity contribution in [2.45, 2.75) is 18.3 Å². The van der Waals surface area contributed by atoms with Gasteiger partial charge < -0.3 is 0 Å². The minimum atomic E-state index is -0.276. The summed E-state index contributed by atoms with van der Waals surface area (Å²) >= 11 is 0. The predicted octanol–water partition coefficient (Wildman–Crippen LogP) is 5.86. The fraction of sp³-hybridized carbons (Fsp3) is 0.154. The van der Waals surface area contributed by atoms with Crippen LogP contribution in [0, 0.1) is 28.6 Å². The van der Waals surface area contributed by atoms with Crippen molar-refractivity contribution in [3.05, 3.63) is 113 Å². The molecule has 0 N–H and O–H groups in total. The summed E-state index contributed by atoms with van der Waals surface area (Å²) in [7, 11) is 0. The molecule has 0 aliphatic heterocycles. The summed E-state index contributed by atoms with van der Waals surface area (Å²) in [6, 6.07) is 33.4. The molecule has 2 heteroatoms. The highest BCUT2D eigenvalue weighted by molar-refractivity contribution is 5.81. The van der Waals surface area contributed by atoms with Gasteiger partial charge in [-0.2, -0.15) is 10.5 Å². The van der Waals surface area contributed by atoms with Crippen LogP contribution in [0.5, 0.6) is 0 Å². The third kappa shape index (κ3) is 3.34. The van der Waals surface area contributed by atoms with Gasteiger partial charge in [-0.05, 0) is 34.6 Å². The molecule has 4 rings (SSSR count). The average Bonchev–Trinajstić information content (AvgIpc) is 2.77. The molecule has 1 aliphatic carbocycles. The second kappa shape index (κ2) is 7.95. The Morgan fingerprint density at radius 1 is 0.786 bits per heavy atom. The summed E-state index contributed by atoms with van der Waals surface area (Å²) in [4.78, 5) is 0. The molecule has 0 aromatic heterocycles. The first-order chi connectivity index (χ1) is 13.8. The van der Waals surface area contributed by atoms with Gasteiger partial charge in [0.1, 0.15) is 0 Å². The third-order valence-electron chi connectivity index (χ3n) is 5.58. The van der Waals surface area contributed by atoms with Gasteiger partial charge in [-0.25, -0.2) is 0 Å². The van der Waals surface area contributed by atoms with Crippen molar-refractivity contribution in [3.8, 4) is 12.1 Å². The summed E-state index contributed by atoms with van der Waals surface area (Å²) in [5.74, 6) is -0.218. The molecule has 0 radical (unpaired) electrons. The summed E-state index contributed by atoms with van der Waals surface area (Å²) in [5, 5.41) is 19.8. The van der Waals surface area contributed by atoms with Gasteiger partial charge in [0.05, 0.1) is 23.6 Å². The molecule has 0 amide bonds. The standard InChI is InChI=1S/C26H20N2/c27-17-21-16-25(26(18-28)23-14-8-7-13-22(21)23)24(20-11-5-2-6-12-20)15-19-9-3-1-4-10-19/h1-14,16,24-26H,15H2. The van der Waals surface area contributed by atoms with E-state index in [2.05, 4.69) is 36.4 Å². The fourth-order valence-electron chi connectivity index (χ4n) is 4.25. The Morgan fingerprint density at radius 3 is 2.11 bits per heavy atom. The van der Waals surface area contributed by atoms with E-state index in [0.29, 0.717) is 5.57 Å². The van der Waals surface area contributed by atoms with E-state index in [1.54, 1.807) is 0 Å². The van der Waals surface area contributed by atoms with Crippen LogP contribution < -0.4 is 0 Å². The Kier molecular flexibility index (Phi) is 5.05. The van der Waals surface area contributed by atoms with Crippen molar-refractivity contribution < 1.29 is 0 Å². The van der Waals surface area contributed by atoms with E-state index in [1.807, 2.05) is 66.7 Å². The molecule has 1 aliphatic rings. The zero-order chi connectivity index (χ0) is 19.3. The van der Waals surface area contributed by atoms with Crippen molar-refractivity contribution in [2.24, 2.45) is 5.92 Å². The van der Waals surface area contributed by atoms with Gasteiger partial charge in [0.2, 0.25) is 0 Å². The molecular formula is C26H20N2. The van der Waals surface area contributed by atoms with Crippen LogP contribution in [-0.4, -0.2) is 0 Å². The van der Waals surface area contributed by atoms with Crippen molar-refractivity contribution in [3.63, 3.8) is 0 Å². The van der Waals surface area contributed by atoms with Crippen molar-refractivity contribution in [2.75, 3.05) is 0 Å². The molecule has 2 nitrogen and oxygen atoms in total. The van der Waals surface area contributed by atoms with Crippen LogP contribution in [0.3, 0.4) is 0 Å². The minimum Gasteiger partial charge on any atom is -0.198 e. The molecule has 0 fully saturated rings. The quantitative estimate of drug-likeness (QED) is 0.585. The predicted molar refractivity (Wildman–Crippen MR) is 111 cm³/mol. The number of rotatable bonds is 4. The van der Waals surface area contributed by atoms with Crippen LogP contribution in [0.1, 0.15) is 34.1 Å². The largest absolute Gasteiger partial charge is 0.198 e. The molecule has 3 aromatic rings. The Labute approximate surface area is 166 Å². The van der Waals surface area contributed by atoms with Crippen LogP contribution in [0.4, 0.5) is 0 Å². The van der Waals surface area contributed by atoms with Gasteiger partial charge in [-0.3, -0.25) is 0 Å². The molecule has 0 heterocycles. The van der Waals surface area contributed by atoms with Crippen LogP contribution in [0.25, 0.3) is 5.57 Å². The Morgan fingerprint density at radius 2 is 1.43 bits per heavy atom. The topological polar surface area (TPSA) is 47.6 Å². The first-order valence-electron chi connectivity index (χ1n) is 9.51. The lowest BCUT2D eigenvalue weighted by molar-refractivity contribution is 0.464. The number of hydrogen-bond donors (Lipinski definition) is 0. The second-order valence-corrected chi connectivity index (χ2v) is 7.17. The molecular weight excluding hydrogens is 340 g/mol. The Bertz CT molecular complexity index is 1070. The molecule has 3 atom stereocenters. The third-order valence-corrected chi connectivity index (χ3v) is 5.58. The number of fused-ring (bicyclic) bond motifs is 1. The van der Waals surface area contributed by atoms with Gasteiger partial charge in [0.15, 0.2) is 0 Å². The van der Waals surface area contributed by atoms with E-state index in [0.717, 1.165) is 17.5 Å². The highest BCUT2D eigenvalue weighted by Gasteiger charge is 2.35. The summed E-state index contributed by atoms with van der Waals surface area (Å²) in [5.41, 5.74) is 4.95. The van der Waals surface area contributed by atoms with E-state index in [4.69, 9.17) is 0 Å². The van der Waals surface area contributed by atoms with Crippen LogP contribution in [0.2, 0.25) is 0 Å². The molecule has 3 unspecified atom stereocenters. The van der Waals surface area contributed by atoms with Gasteiger partial charge in [-0.15, -0.1) is 0 Å². The average molecular weight is 360 g/mol. The molecule has 134 valence electrons. The van der Waals surface area contributed by atoms with Gasteiger partial charge in [0, 0.05) is 5.92 Å². The van der Waals surface area contributed by atoms with E-state index in [-0.39, 0.29) is 17.8 Å². The number of benzene rings is 3. The van der Waals surface area contributed by atoms with Crippen LogP contribution >= 0.6 is 0 Å². The zero-order valence-electron chi connectivity index (χ0n) is 15.5. The second-order valence-electron chi connectivity index (χ2n) is 7.17. The highest BCUT2D eigenvalue weighted by atomic mass is 14.4. The van der Waals surface area contributed by atoms with E-state index < -0.39 is 0 Å². The first kappa shape index (κ1) is 17.8. The minimum absolute atomic E-state index is 0.0582. The number of hydrogen-bond acceptors (Lipinski definition) is 2. The summed E-state index contributed by atoms with van der Waals surface area (Å²) in [6.07, 6.45) is 2.85. The van der Waals surface area contributed by atoms with Gasteiger partial charge in [0.25, 0.3) is 0 Å². The lowest BCUT2D eigenvalue weighted by atomic mass is 9.68. The lowest BCUT2D eigenvalue weighted by Crippen LogP contribution is -2.24. The maximum absolute atomic E-state index is 10.1. The smallest absolute Gasteiger partial charge is 0.0994 e. The maximum atomic E-state index is 10.1. The first-order valence-corrected chi connectivity index (χ1v) is 9.51. The van der Waals surface area contributed by atoms with Crippen LogP contribution in [0.15, 0.2) is 91.0 Å². The summed E-state index contributed by atoms with van der Waals surface area (Å²) in [6.45, 7) is 0. The molecule has 0 saturated heterocycles. The molecule has 0 spiro atoms. The normalized spacial score (nSPS) is 18.9. The van der Waals surface area contributed by atoms with Crippen molar-refractivity contribution >= 4 is 5.57 Å². The monoisotopic (exact) mass is 360 g/mol. The number of nitrogens with zero attached hydrogens (tertiary/aromatic N) is 2. The number of nitriles is 2. The molecule has 0 bridgehead atoms. The zero-order valence-corrected chi connectivity index (χ0v) is 15.5. The van der Waals surface area contributed by atoms with Crippen LogP contribution in [-0.2, 0) is 6.42 Å². The highest BCUT2D eigenvalue weighted by Crippen LogP contribution is 2.45. The number of allylic oxidation sites excluding steroid dienone is 2. The Hall–Kier alpha value is -3.62. The molecule has 3 aromatic carbocycles. The van der Waals surface area contributed by atoms with Gasteiger partial charge >= 0.3 is 0 Å². The van der Waals surface area contributed by atoms with E-state index in [1.165, 1.54) is 11.1 Å². The van der Waals surface area contributed by atoms with E-state index >= 15 is 0 Å².